The molecule has 1 aromatic heterocycles. The number of benzene rings is 1. The van der Waals surface area contributed by atoms with E-state index in [1.807, 2.05) is 30.3 Å². The third-order valence-electron chi connectivity index (χ3n) is 4.19. The van der Waals surface area contributed by atoms with E-state index >= 15 is 0 Å². The van der Waals surface area contributed by atoms with Crippen molar-refractivity contribution in [2.75, 3.05) is 11.5 Å². The number of carbonyl (C=O) groups is 2. The highest BCUT2D eigenvalue weighted by atomic mass is 32.1. The zero-order valence-electron chi connectivity index (χ0n) is 14.8. The highest BCUT2D eigenvalue weighted by Gasteiger charge is 2.24. The summed E-state index contributed by atoms with van der Waals surface area (Å²) in [6.07, 6.45) is 7.19. The molecule has 6 heteroatoms. The molecule has 0 bridgehead atoms. The van der Waals surface area contributed by atoms with Gasteiger partial charge in [0.05, 0.1) is 12.2 Å². The van der Waals surface area contributed by atoms with Gasteiger partial charge in [0.25, 0.3) is 5.91 Å². The molecule has 0 saturated heterocycles. The largest absolute Gasteiger partial charge is 0.452 e. The normalized spacial score (nSPS) is 13.4. The van der Waals surface area contributed by atoms with Gasteiger partial charge in [0.1, 0.15) is 0 Å². The van der Waals surface area contributed by atoms with Crippen LogP contribution in [-0.4, -0.2) is 23.5 Å². The maximum absolute atomic E-state index is 12.8. The minimum atomic E-state index is -0.515. The number of aryl methyl sites for hydroxylation is 2. The number of ether oxygens (including phenoxy) is 1. The Kier molecular flexibility index (Phi) is 6.17. The van der Waals surface area contributed by atoms with Crippen LogP contribution in [0.1, 0.15) is 35.9 Å². The molecule has 1 aliphatic rings. The first-order valence-corrected chi connectivity index (χ1v) is 9.61. The van der Waals surface area contributed by atoms with Crippen molar-refractivity contribution in [2.45, 2.75) is 39.2 Å². The van der Waals surface area contributed by atoms with Crippen LogP contribution < -0.4 is 4.90 Å². The van der Waals surface area contributed by atoms with E-state index in [-0.39, 0.29) is 12.5 Å². The minimum Gasteiger partial charge on any atom is -0.452 e. The van der Waals surface area contributed by atoms with Gasteiger partial charge >= 0.3 is 5.97 Å². The fourth-order valence-electron chi connectivity index (χ4n) is 2.88. The van der Waals surface area contributed by atoms with Crippen molar-refractivity contribution in [2.24, 2.45) is 0 Å². The van der Waals surface area contributed by atoms with Gasteiger partial charge in [-0.3, -0.25) is 9.69 Å². The Hall–Kier alpha value is -2.47. The lowest BCUT2D eigenvalue weighted by atomic mass is 10.0. The maximum atomic E-state index is 12.8. The van der Waals surface area contributed by atoms with Crippen LogP contribution in [0.5, 0.6) is 0 Å². The summed E-state index contributed by atoms with van der Waals surface area (Å²) in [6, 6.07) is 9.77. The highest BCUT2D eigenvalue weighted by molar-refractivity contribution is 7.15. The van der Waals surface area contributed by atoms with Crippen molar-refractivity contribution in [3.8, 4) is 0 Å². The van der Waals surface area contributed by atoms with Crippen molar-refractivity contribution in [1.29, 1.82) is 0 Å². The SMILES string of the molecule is C/C=C/C(=O)OCC(=O)N(Cc1ccccc1)c1nc2c(s1)CCCC2. The zero-order chi connectivity index (χ0) is 18.4. The average Bonchev–Trinajstić information content (AvgIpc) is 3.09. The van der Waals surface area contributed by atoms with Gasteiger partial charge in [-0.05, 0) is 38.2 Å². The van der Waals surface area contributed by atoms with Crippen LogP contribution in [0.2, 0.25) is 0 Å². The summed E-state index contributed by atoms with van der Waals surface area (Å²) in [7, 11) is 0. The van der Waals surface area contributed by atoms with Crippen LogP contribution in [0.4, 0.5) is 5.13 Å². The molecule has 1 heterocycles. The van der Waals surface area contributed by atoms with Gasteiger partial charge in [-0.1, -0.05) is 36.4 Å². The van der Waals surface area contributed by atoms with Crippen LogP contribution in [0, 0.1) is 0 Å². The van der Waals surface area contributed by atoms with Gasteiger partial charge in [0.15, 0.2) is 11.7 Å². The zero-order valence-corrected chi connectivity index (χ0v) is 15.6. The first-order chi connectivity index (χ1) is 12.7. The number of fused-ring (bicyclic) bond motifs is 1. The molecule has 0 saturated carbocycles. The number of nitrogens with zero attached hydrogens (tertiary/aromatic N) is 2. The van der Waals surface area contributed by atoms with Gasteiger partial charge in [0, 0.05) is 11.0 Å². The lowest BCUT2D eigenvalue weighted by Gasteiger charge is -2.20. The van der Waals surface area contributed by atoms with Gasteiger partial charge < -0.3 is 4.74 Å². The van der Waals surface area contributed by atoms with Crippen LogP contribution in [0.15, 0.2) is 42.5 Å². The van der Waals surface area contributed by atoms with E-state index in [9.17, 15) is 9.59 Å². The fourth-order valence-corrected chi connectivity index (χ4v) is 4.04. The number of thiazole rings is 1. The van der Waals surface area contributed by atoms with E-state index in [0.717, 1.165) is 30.5 Å². The predicted molar refractivity (Wildman–Crippen MR) is 102 cm³/mol. The third-order valence-corrected chi connectivity index (χ3v) is 5.37. The van der Waals surface area contributed by atoms with Crippen molar-refractivity contribution < 1.29 is 14.3 Å². The predicted octanol–water partition coefficient (Wildman–Crippen LogP) is 3.67. The molecular formula is C20H22N2O3S. The lowest BCUT2D eigenvalue weighted by Crippen LogP contribution is -2.34. The second-order valence-corrected chi connectivity index (χ2v) is 7.21. The molecule has 1 amide bonds. The number of amides is 1. The molecule has 0 radical (unpaired) electrons. The smallest absolute Gasteiger partial charge is 0.330 e. The van der Waals surface area contributed by atoms with Crippen LogP contribution in [-0.2, 0) is 33.7 Å². The van der Waals surface area contributed by atoms with Crippen molar-refractivity contribution in [3.63, 3.8) is 0 Å². The molecule has 0 N–H and O–H groups in total. The van der Waals surface area contributed by atoms with E-state index in [1.54, 1.807) is 29.2 Å². The molecule has 1 aliphatic carbocycles. The molecule has 0 unspecified atom stereocenters. The quantitative estimate of drug-likeness (QED) is 0.575. The molecule has 1 aromatic carbocycles. The van der Waals surface area contributed by atoms with E-state index < -0.39 is 5.97 Å². The Morgan fingerprint density at radius 3 is 2.73 bits per heavy atom. The summed E-state index contributed by atoms with van der Waals surface area (Å²) in [5.41, 5.74) is 2.11. The van der Waals surface area contributed by atoms with E-state index in [1.165, 1.54) is 17.4 Å². The number of esters is 1. The molecule has 0 atom stereocenters. The number of hydrogen-bond acceptors (Lipinski definition) is 5. The van der Waals surface area contributed by atoms with Gasteiger partial charge in [-0.25, -0.2) is 9.78 Å². The average molecular weight is 370 g/mol. The Bertz CT molecular complexity index is 775. The summed E-state index contributed by atoms with van der Waals surface area (Å²) in [6.45, 7) is 1.85. The van der Waals surface area contributed by atoms with Crippen molar-refractivity contribution in [3.05, 3.63) is 58.6 Å². The van der Waals surface area contributed by atoms with Crippen molar-refractivity contribution >= 4 is 28.3 Å². The Morgan fingerprint density at radius 1 is 1.23 bits per heavy atom. The molecule has 3 rings (SSSR count). The molecule has 5 nitrogen and oxygen atoms in total. The number of aromatic nitrogens is 1. The Balaban J connectivity index is 1.80. The monoisotopic (exact) mass is 370 g/mol. The molecule has 2 aromatic rings. The van der Waals surface area contributed by atoms with E-state index in [4.69, 9.17) is 9.72 Å². The molecule has 0 spiro atoms. The molecule has 0 aliphatic heterocycles. The van der Waals surface area contributed by atoms with Gasteiger partial charge in [-0.2, -0.15) is 0 Å². The van der Waals surface area contributed by atoms with Gasteiger partial charge in [0.2, 0.25) is 0 Å². The highest BCUT2D eigenvalue weighted by Crippen LogP contribution is 2.32. The first kappa shape index (κ1) is 18.3. The lowest BCUT2D eigenvalue weighted by molar-refractivity contribution is -0.143. The van der Waals surface area contributed by atoms with E-state index in [0.29, 0.717) is 11.7 Å². The summed E-state index contributed by atoms with van der Waals surface area (Å²) >= 11 is 1.58. The van der Waals surface area contributed by atoms with Crippen molar-refractivity contribution in [1.82, 2.24) is 4.98 Å². The molecule has 26 heavy (non-hydrogen) atoms. The summed E-state index contributed by atoms with van der Waals surface area (Å²) in [4.78, 5) is 31.9. The molecule has 0 fully saturated rings. The maximum Gasteiger partial charge on any atom is 0.330 e. The number of rotatable bonds is 6. The second-order valence-electron chi connectivity index (χ2n) is 6.15. The van der Waals surface area contributed by atoms with E-state index in [2.05, 4.69) is 0 Å². The summed E-state index contributed by atoms with van der Waals surface area (Å²) in [5.74, 6) is -0.781. The Labute approximate surface area is 157 Å². The first-order valence-electron chi connectivity index (χ1n) is 8.79. The third kappa shape index (κ3) is 4.58. The standard InChI is InChI=1S/C20H22N2O3S/c1-2-8-19(24)25-14-18(23)22(13-15-9-4-3-5-10-15)20-21-16-11-6-7-12-17(16)26-20/h2-5,8-10H,6-7,11-14H2,1H3/b8-2+. The summed E-state index contributed by atoms with van der Waals surface area (Å²) in [5, 5.41) is 0.688. The van der Waals surface area contributed by atoms with Crippen LogP contribution in [0.25, 0.3) is 0 Å². The molecule has 136 valence electrons. The Morgan fingerprint density at radius 2 is 2.00 bits per heavy atom. The minimum absolute atomic E-state index is 0.266. The van der Waals surface area contributed by atoms with Gasteiger partial charge in [-0.15, -0.1) is 11.3 Å². The number of hydrogen-bond donors (Lipinski definition) is 0. The number of carbonyl (C=O) groups excluding carboxylic acids is 2. The van der Waals surface area contributed by atoms with Crippen LogP contribution >= 0.6 is 11.3 Å². The fraction of sp³-hybridized carbons (Fsp3) is 0.350. The number of allylic oxidation sites excluding steroid dienone is 1. The molecular weight excluding hydrogens is 348 g/mol. The number of anilines is 1. The topological polar surface area (TPSA) is 59.5 Å². The van der Waals surface area contributed by atoms with Crippen LogP contribution in [0.3, 0.4) is 0 Å². The second kappa shape index (κ2) is 8.76. The summed E-state index contributed by atoms with van der Waals surface area (Å²) < 4.78 is 5.05.